The molecule has 0 nitrogen and oxygen atoms in total. The van der Waals surface area contributed by atoms with Crippen molar-refractivity contribution in [2.45, 2.75) is 112 Å². The van der Waals surface area contributed by atoms with Crippen molar-refractivity contribution in [2.75, 3.05) is 0 Å². The highest BCUT2D eigenvalue weighted by Crippen LogP contribution is 2.65. The lowest BCUT2D eigenvalue weighted by Crippen LogP contribution is -2.48. The van der Waals surface area contributed by atoms with Crippen LogP contribution in [-0.4, -0.2) is 0 Å². The van der Waals surface area contributed by atoms with Crippen LogP contribution >= 0.6 is 0 Å². The first-order chi connectivity index (χ1) is 12.2. The third kappa shape index (κ3) is 3.45. The van der Waals surface area contributed by atoms with Crippen LogP contribution in [0.2, 0.25) is 0 Å². The number of rotatable bonds is 3. The number of hydrogen-bond donors (Lipinski definition) is 0. The maximum absolute atomic E-state index is 2.71. The van der Waals surface area contributed by atoms with Crippen molar-refractivity contribution in [3.8, 4) is 0 Å². The van der Waals surface area contributed by atoms with E-state index in [1.807, 2.05) is 13.8 Å². The quantitative estimate of drug-likeness (QED) is 0.484. The van der Waals surface area contributed by atoms with Crippen LogP contribution in [0.5, 0.6) is 0 Å². The molecular formula is C25H46. The molecule has 0 N–H and O–H groups in total. The predicted octanol–water partition coefficient (Wildman–Crippen LogP) is 8.11. The van der Waals surface area contributed by atoms with Gasteiger partial charge in [0.25, 0.3) is 0 Å². The zero-order valence-corrected chi connectivity index (χ0v) is 18.0. The van der Waals surface area contributed by atoms with E-state index in [1.54, 1.807) is 57.8 Å². The lowest BCUT2D eigenvalue weighted by atomic mass is 9.49. The van der Waals surface area contributed by atoms with Crippen molar-refractivity contribution >= 4 is 0 Å². The summed E-state index contributed by atoms with van der Waals surface area (Å²) in [4.78, 5) is 0. The maximum Gasteiger partial charge on any atom is -0.0266 e. The molecule has 0 heterocycles. The van der Waals surface area contributed by atoms with Crippen LogP contribution in [0, 0.1) is 46.8 Å². The van der Waals surface area contributed by atoms with Gasteiger partial charge in [-0.15, -0.1) is 0 Å². The Morgan fingerprint density at radius 1 is 0.800 bits per heavy atom. The summed E-state index contributed by atoms with van der Waals surface area (Å²) in [5.41, 5.74) is 0.727. The molecule has 8 unspecified atom stereocenters. The summed E-state index contributed by atoms with van der Waals surface area (Å²) in [5, 5.41) is 0. The topological polar surface area (TPSA) is 0 Å². The lowest BCUT2D eigenvalue weighted by molar-refractivity contribution is -0.0689. The molecule has 0 heteroatoms. The van der Waals surface area contributed by atoms with Crippen LogP contribution in [0.4, 0.5) is 0 Å². The highest BCUT2D eigenvalue weighted by molar-refractivity contribution is 5.05. The summed E-state index contributed by atoms with van der Waals surface area (Å²) < 4.78 is 0. The number of fused-ring (bicyclic) bond motifs is 5. The van der Waals surface area contributed by atoms with Gasteiger partial charge in [-0.1, -0.05) is 60.3 Å². The van der Waals surface area contributed by atoms with E-state index in [-0.39, 0.29) is 0 Å². The molecule has 4 aliphatic carbocycles. The minimum Gasteiger partial charge on any atom is -0.0683 e. The molecule has 0 spiro atoms. The van der Waals surface area contributed by atoms with Crippen LogP contribution in [0.3, 0.4) is 0 Å². The highest BCUT2D eigenvalue weighted by atomic mass is 14.6. The Morgan fingerprint density at radius 3 is 2.28 bits per heavy atom. The average Bonchev–Trinajstić information content (AvgIpc) is 2.99. The van der Waals surface area contributed by atoms with Gasteiger partial charge in [-0.3, -0.25) is 0 Å². The molecule has 0 aliphatic heterocycles. The molecule has 146 valence electrons. The Balaban J connectivity index is 0.000000880. The average molecular weight is 347 g/mol. The maximum atomic E-state index is 2.71. The molecule has 0 saturated heterocycles. The fourth-order valence-corrected chi connectivity index (χ4v) is 8.25. The molecule has 4 fully saturated rings. The Kier molecular flexibility index (Phi) is 6.60. The van der Waals surface area contributed by atoms with E-state index >= 15 is 0 Å². The molecule has 4 aliphatic rings. The minimum atomic E-state index is 0.727. The molecular weight excluding hydrogens is 300 g/mol. The molecule has 25 heavy (non-hydrogen) atoms. The summed E-state index contributed by atoms with van der Waals surface area (Å²) in [7, 11) is 0. The van der Waals surface area contributed by atoms with E-state index in [2.05, 4.69) is 20.8 Å². The van der Waals surface area contributed by atoms with Gasteiger partial charge in [0.15, 0.2) is 0 Å². The fourth-order valence-electron chi connectivity index (χ4n) is 8.25. The van der Waals surface area contributed by atoms with Crippen molar-refractivity contribution < 1.29 is 0 Å². The standard InChI is InChI=1S/C23H40.C2H6/c1-4-6-18-9-12-22-21-11-8-17-15-16(5-2)7-10-19(17)20(21)13-14-23(18,22)3;1-2/h16-22H,4-15H2,1-3H3;1-2H3. The van der Waals surface area contributed by atoms with Crippen molar-refractivity contribution in [3.63, 3.8) is 0 Å². The van der Waals surface area contributed by atoms with Gasteiger partial charge in [-0.25, -0.2) is 0 Å². The lowest BCUT2D eigenvalue weighted by Gasteiger charge is -2.56. The van der Waals surface area contributed by atoms with E-state index < -0.39 is 0 Å². The van der Waals surface area contributed by atoms with Crippen LogP contribution in [-0.2, 0) is 0 Å². The normalized spacial score (nSPS) is 48.6. The first kappa shape index (κ1) is 19.8. The van der Waals surface area contributed by atoms with E-state index in [0.717, 1.165) is 46.8 Å². The summed E-state index contributed by atoms with van der Waals surface area (Å²) >= 11 is 0. The first-order valence-corrected chi connectivity index (χ1v) is 12.2. The SMILES string of the molecule is CC.CCCC1CCC2C3CCC4CC(CC)CCC4C3CCC12C. The molecule has 0 bridgehead atoms. The van der Waals surface area contributed by atoms with E-state index in [4.69, 9.17) is 0 Å². The fraction of sp³-hybridized carbons (Fsp3) is 1.00. The second kappa shape index (κ2) is 8.35. The molecule has 0 aromatic rings. The third-order valence-corrected chi connectivity index (χ3v) is 9.47. The molecule has 0 amide bonds. The van der Waals surface area contributed by atoms with Gasteiger partial charge in [0.1, 0.15) is 0 Å². The van der Waals surface area contributed by atoms with Crippen molar-refractivity contribution in [1.82, 2.24) is 0 Å². The largest absolute Gasteiger partial charge is 0.0683 e. The van der Waals surface area contributed by atoms with Gasteiger partial charge in [0.05, 0.1) is 0 Å². The molecule has 0 radical (unpaired) electrons. The van der Waals surface area contributed by atoms with Gasteiger partial charge in [0.2, 0.25) is 0 Å². The van der Waals surface area contributed by atoms with Crippen molar-refractivity contribution in [1.29, 1.82) is 0 Å². The van der Waals surface area contributed by atoms with E-state index in [9.17, 15) is 0 Å². The van der Waals surface area contributed by atoms with Gasteiger partial charge < -0.3 is 0 Å². The zero-order valence-electron chi connectivity index (χ0n) is 18.0. The van der Waals surface area contributed by atoms with Crippen molar-refractivity contribution in [2.24, 2.45) is 46.8 Å². The smallest absolute Gasteiger partial charge is 0.0266 e. The summed E-state index contributed by atoms with van der Waals surface area (Å²) in [5.74, 6) is 7.73. The van der Waals surface area contributed by atoms with Crippen LogP contribution < -0.4 is 0 Å². The first-order valence-electron chi connectivity index (χ1n) is 12.2. The summed E-state index contributed by atoms with van der Waals surface area (Å²) in [6.07, 6.45) is 18.6. The van der Waals surface area contributed by atoms with Crippen LogP contribution in [0.15, 0.2) is 0 Å². The minimum absolute atomic E-state index is 0.727. The molecule has 4 saturated carbocycles. The Bertz CT molecular complexity index is 412. The Hall–Kier alpha value is 0. The van der Waals surface area contributed by atoms with Gasteiger partial charge in [-0.05, 0) is 98.2 Å². The number of hydrogen-bond acceptors (Lipinski definition) is 0. The zero-order chi connectivity index (χ0) is 18.0. The Labute approximate surface area is 158 Å². The van der Waals surface area contributed by atoms with Gasteiger partial charge >= 0.3 is 0 Å². The summed E-state index contributed by atoms with van der Waals surface area (Å²) in [6, 6.07) is 0. The molecule has 0 aromatic heterocycles. The van der Waals surface area contributed by atoms with E-state index in [1.165, 1.54) is 19.3 Å². The van der Waals surface area contributed by atoms with Gasteiger partial charge in [-0.2, -0.15) is 0 Å². The highest BCUT2D eigenvalue weighted by Gasteiger charge is 2.56. The monoisotopic (exact) mass is 346 g/mol. The second-order valence-electron chi connectivity index (χ2n) is 10.1. The summed E-state index contributed by atoms with van der Waals surface area (Å²) in [6.45, 7) is 11.5. The van der Waals surface area contributed by atoms with Crippen LogP contribution in [0.1, 0.15) is 112 Å². The molecule has 8 atom stereocenters. The Morgan fingerprint density at radius 2 is 1.56 bits per heavy atom. The third-order valence-electron chi connectivity index (χ3n) is 9.47. The van der Waals surface area contributed by atoms with E-state index in [0.29, 0.717) is 0 Å². The predicted molar refractivity (Wildman–Crippen MR) is 111 cm³/mol. The van der Waals surface area contributed by atoms with Crippen molar-refractivity contribution in [3.05, 3.63) is 0 Å². The van der Waals surface area contributed by atoms with Gasteiger partial charge in [0, 0.05) is 0 Å². The second-order valence-corrected chi connectivity index (χ2v) is 10.1. The molecule has 4 rings (SSSR count). The molecule has 0 aromatic carbocycles. The van der Waals surface area contributed by atoms with Crippen LogP contribution in [0.25, 0.3) is 0 Å².